The van der Waals surface area contributed by atoms with Crippen LogP contribution in [0.25, 0.3) is 0 Å². The second-order valence-electron chi connectivity index (χ2n) is 4.99. The van der Waals surface area contributed by atoms with Gasteiger partial charge in [0.1, 0.15) is 0 Å². The van der Waals surface area contributed by atoms with Crippen molar-refractivity contribution in [3.05, 3.63) is 17.5 Å². The third-order valence-corrected chi connectivity index (χ3v) is 6.14. The van der Waals surface area contributed by atoms with E-state index in [1.54, 1.807) is 16.7 Å². The fourth-order valence-electron chi connectivity index (χ4n) is 2.32. The molecule has 0 spiro atoms. The second-order valence-corrected chi connectivity index (χ2v) is 8.25. The van der Waals surface area contributed by atoms with Crippen molar-refractivity contribution in [2.45, 2.75) is 17.2 Å². The zero-order valence-corrected chi connectivity index (χ0v) is 14.5. The summed E-state index contributed by atoms with van der Waals surface area (Å²) in [6.07, 6.45) is 2.71. The number of amides is 2. The molecule has 6 nitrogen and oxygen atoms in total. The van der Waals surface area contributed by atoms with Crippen LogP contribution in [0.1, 0.15) is 12.8 Å². The van der Waals surface area contributed by atoms with Gasteiger partial charge in [-0.2, -0.15) is 0 Å². The molecule has 0 saturated carbocycles. The van der Waals surface area contributed by atoms with Gasteiger partial charge in [0, 0.05) is 18.6 Å². The quantitative estimate of drug-likeness (QED) is 0.547. The van der Waals surface area contributed by atoms with Gasteiger partial charge in [0.15, 0.2) is 4.34 Å². The van der Waals surface area contributed by atoms with E-state index in [0.29, 0.717) is 5.13 Å². The maximum absolute atomic E-state index is 11.8. The summed E-state index contributed by atoms with van der Waals surface area (Å²) in [6, 6.07) is 3.46. The molecule has 22 heavy (non-hydrogen) atoms. The Bertz CT molecular complexity index is 595. The number of nitrogens with one attached hydrogen (secondary N) is 3. The van der Waals surface area contributed by atoms with Crippen molar-refractivity contribution in [2.75, 3.05) is 36.0 Å². The molecule has 2 aromatic rings. The van der Waals surface area contributed by atoms with Crippen LogP contribution in [0.3, 0.4) is 0 Å². The number of urea groups is 1. The molecule has 1 fully saturated rings. The van der Waals surface area contributed by atoms with Gasteiger partial charge in [0.05, 0.1) is 24.6 Å². The number of carbonyl (C=O) groups is 1. The van der Waals surface area contributed by atoms with Crippen molar-refractivity contribution in [1.82, 2.24) is 10.2 Å². The first-order valence-electron chi connectivity index (χ1n) is 7.21. The van der Waals surface area contributed by atoms with E-state index in [-0.39, 0.29) is 6.03 Å². The van der Waals surface area contributed by atoms with Gasteiger partial charge in [-0.15, -0.1) is 21.5 Å². The molecule has 2 aromatic heterocycles. The highest BCUT2D eigenvalue weighted by atomic mass is 32.2. The molecule has 1 aliphatic rings. The SMILES string of the molecule is O=C(Nc1cccs1)Nc1nnc(SCC[NH+]2CCCC2)s1. The maximum atomic E-state index is 11.8. The topological polar surface area (TPSA) is 71.3 Å². The number of hydrogen-bond donors (Lipinski definition) is 3. The highest BCUT2D eigenvalue weighted by molar-refractivity contribution is 8.01. The van der Waals surface area contributed by atoms with E-state index in [9.17, 15) is 4.79 Å². The number of quaternary nitrogens is 1. The average Bonchev–Trinajstić information content (AvgIpc) is 3.21. The first kappa shape index (κ1) is 15.7. The standard InChI is InChI=1S/C13H17N5OS3/c19-11(14-10-4-3-8-20-10)15-12-16-17-13(22-12)21-9-7-18-5-1-2-6-18/h3-4,8H,1-2,5-7,9H2,(H2,14,15,16,19)/p+1. The van der Waals surface area contributed by atoms with E-state index in [4.69, 9.17) is 0 Å². The summed E-state index contributed by atoms with van der Waals surface area (Å²) >= 11 is 4.61. The first-order chi connectivity index (χ1) is 10.8. The minimum Gasteiger partial charge on any atom is -0.334 e. The van der Waals surface area contributed by atoms with Crippen molar-refractivity contribution < 1.29 is 9.69 Å². The van der Waals surface area contributed by atoms with Crippen LogP contribution in [0.4, 0.5) is 14.9 Å². The predicted molar refractivity (Wildman–Crippen MR) is 92.4 cm³/mol. The monoisotopic (exact) mass is 356 g/mol. The lowest BCUT2D eigenvalue weighted by Crippen LogP contribution is -3.10. The first-order valence-corrected chi connectivity index (χ1v) is 9.89. The Balaban J connectivity index is 1.41. The van der Waals surface area contributed by atoms with Crippen LogP contribution in [0, 0.1) is 0 Å². The van der Waals surface area contributed by atoms with Crippen LogP contribution < -0.4 is 15.5 Å². The number of likely N-dealkylation sites (tertiary alicyclic amines) is 1. The Morgan fingerprint density at radius 1 is 1.32 bits per heavy atom. The molecular weight excluding hydrogens is 338 g/mol. The van der Waals surface area contributed by atoms with Gasteiger partial charge in [0.2, 0.25) is 5.13 Å². The van der Waals surface area contributed by atoms with Gasteiger partial charge in [-0.3, -0.25) is 10.6 Å². The number of carbonyl (C=O) groups excluding carboxylic acids is 1. The van der Waals surface area contributed by atoms with Crippen molar-refractivity contribution >= 4 is 50.6 Å². The van der Waals surface area contributed by atoms with Crippen LogP contribution in [-0.2, 0) is 0 Å². The molecule has 0 bridgehead atoms. The van der Waals surface area contributed by atoms with Gasteiger partial charge in [-0.05, 0) is 17.5 Å². The Morgan fingerprint density at radius 3 is 2.95 bits per heavy atom. The lowest BCUT2D eigenvalue weighted by molar-refractivity contribution is -0.884. The van der Waals surface area contributed by atoms with E-state index in [0.717, 1.165) is 15.1 Å². The number of thioether (sulfide) groups is 1. The summed E-state index contributed by atoms with van der Waals surface area (Å²) in [5.41, 5.74) is 0. The van der Waals surface area contributed by atoms with Gasteiger partial charge in [-0.25, -0.2) is 4.79 Å². The molecular formula is C13H18N5OS3+. The molecule has 0 aliphatic carbocycles. The molecule has 1 aliphatic heterocycles. The van der Waals surface area contributed by atoms with Gasteiger partial charge < -0.3 is 4.90 Å². The number of aromatic nitrogens is 2. The molecule has 3 rings (SSSR count). The van der Waals surface area contributed by atoms with Gasteiger partial charge >= 0.3 is 6.03 Å². The Labute approximate surface area is 141 Å². The summed E-state index contributed by atoms with van der Waals surface area (Å²) in [5, 5.41) is 16.9. The van der Waals surface area contributed by atoms with Crippen LogP contribution in [0.15, 0.2) is 21.9 Å². The number of rotatable bonds is 6. The molecule has 3 heterocycles. The smallest absolute Gasteiger partial charge is 0.326 e. The Hall–Kier alpha value is -1.16. The van der Waals surface area contributed by atoms with Crippen molar-refractivity contribution in [2.24, 2.45) is 0 Å². The van der Waals surface area contributed by atoms with E-state index in [1.165, 1.54) is 55.1 Å². The van der Waals surface area contributed by atoms with Gasteiger partial charge in [0.25, 0.3) is 0 Å². The summed E-state index contributed by atoms with van der Waals surface area (Å²) < 4.78 is 0.907. The zero-order valence-electron chi connectivity index (χ0n) is 12.0. The van der Waals surface area contributed by atoms with Crippen molar-refractivity contribution in [3.8, 4) is 0 Å². The largest absolute Gasteiger partial charge is 0.334 e. The molecule has 9 heteroatoms. The lowest BCUT2D eigenvalue weighted by atomic mass is 10.4. The van der Waals surface area contributed by atoms with Crippen LogP contribution >= 0.6 is 34.4 Å². The minimum atomic E-state index is -0.281. The van der Waals surface area contributed by atoms with Crippen molar-refractivity contribution in [1.29, 1.82) is 0 Å². The fourth-order valence-corrected chi connectivity index (χ4v) is 4.79. The molecule has 3 N–H and O–H groups in total. The van der Waals surface area contributed by atoms with E-state index >= 15 is 0 Å². The van der Waals surface area contributed by atoms with Crippen LogP contribution in [0.5, 0.6) is 0 Å². The molecule has 2 amide bonds. The highest BCUT2D eigenvalue weighted by Gasteiger charge is 2.15. The number of anilines is 2. The van der Waals surface area contributed by atoms with E-state index < -0.39 is 0 Å². The maximum Gasteiger partial charge on any atom is 0.326 e. The number of nitrogens with zero attached hydrogens (tertiary/aromatic N) is 2. The summed E-state index contributed by atoms with van der Waals surface area (Å²) in [5.74, 6) is 1.05. The molecule has 0 aromatic carbocycles. The minimum absolute atomic E-state index is 0.281. The third kappa shape index (κ3) is 4.67. The second kappa shape index (κ2) is 7.91. The van der Waals surface area contributed by atoms with Crippen LogP contribution in [-0.4, -0.2) is 41.6 Å². The summed E-state index contributed by atoms with van der Waals surface area (Å²) in [6.45, 7) is 3.77. The Kier molecular flexibility index (Phi) is 5.65. The molecule has 0 atom stereocenters. The fraction of sp³-hybridized carbons (Fsp3) is 0.462. The number of thiophene rings is 1. The molecule has 1 saturated heterocycles. The average molecular weight is 357 g/mol. The van der Waals surface area contributed by atoms with Crippen LogP contribution in [0.2, 0.25) is 0 Å². The van der Waals surface area contributed by atoms with Crippen molar-refractivity contribution in [3.63, 3.8) is 0 Å². The molecule has 0 unspecified atom stereocenters. The van der Waals surface area contributed by atoms with Gasteiger partial charge in [-0.1, -0.05) is 23.1 Å². The molecule has 118 valence electrons. The Morgan fingerprint density at radius 2 is 2.18 bits per heavy atom. The zero-order chi connectivity index (χ0) is 15.2. The normalized spacial score (nSPS) is 15.1. The van der Waals surface area contributed by atoms with E-state index in [1.807, 2.05) is 17.5 Å². The number of hydrogen-bond acceptors (Lipinski definition) is 6. The third-order valence-electron chi connectivity index (χ3n) is 3.38. The molecule has 0 radical (unpaired) electrons. The predicted octanol–water partition coefficient (Wildman–Crippen LogP) is 2.01. The summed E-state index contributed by atoms with van der Waals surface area (Å²) in [7, 11) is 0. The van der Waals surface area contributed by atoms with E-state index in [2.05, 4.69) is 20.8 Å². The summed E-state index contributed by atoms with van der Waals surface area (Å²) in [4.78, 5) is 13.5. The highest BCUT2D eigenvalue weighted by Crippen LogP contribution is 2.25. The lowest BCUT2D eigenvalue weighted by Gasteiger charge is -2.10.